The molecule has 1 saturated carbocycles. The molecule has 60 valence electrons. The Bertz CT molecular complexity index is 231. The fourth-order valence-corrected chi connectivity index (χ4v) is 2.02. The maximum Gasteiger partial charge on any atom is 0.421 e. The van der Waals surface area contributed by atoms with Crippen LogP contribution < -0.4 is 10.6 Å². The maximum atomic E-state index is 11.2. The molecule has 0 radical (unpaired) electrons. The van der Waals surface area contributed by atoms with E-state index >= 15 is 0 Å². The van der Waals surface area contributed by atoms with Crippen LogP contribution in [-0.2, 0) is 4.79 Å². The molecule has 3 N–H and O–H groups in total. The van der Waals surface area contributed by atoms with E-state index in [1.54, 1.807) is 0 Å². The lowest BCUT2D eigenvalue weighted by Gasteiger charge is -2.37. The molecule has 0 aromatic heterocycles. The van der Waals surface area contributed by atoms with Crippen LogP contribution in [0.5, 0.6) is 0 Å². The summed E-state index contributed by atoms with van der Waals surface area (Å²) in [7, 11) is 0. The Morgan fingerprint density at radius 2 is 2.18 bits per heavy atom. The topological polar surface area (TPSA) is 62.8 Å². The largest absolute Gasteiger partial charge is 0.421 e. The van der Waals surface area contributed by atoms with E-state index < -0.39 is 5.54 Å². The maximum absolute atomic E-state index is 11.2. The van der Waals surface area contributed by atoms with Crippen LogP contribution in [0.25, 0.3) is 0 Å². The SMILES string of the molecule is CC1CC2(C1)NC(=O)[NH2+]C2=O. The zero-order chi connectivity index (χ0) is 8.06. The monoisotopic (exact) mass is 155 g/mol. The van der Waals surface area contributed by atoms with Crippen LogP contribution in [0.15, 0.2) is 0 Å². The zero-order valence-corrected chi connectivity index (χ0v) is 6.39. The Morgan fingerprint density at radius 1 is 1.55 bits per heavy atom. The van der Waals surface area contributed by atoms with Crippen molar-refractivity contribution in [1.82, 2.24) is 5.32 Å². The van der Waals surface area contributed by atoms with E-state index in [4.69, 9.17) is 0 Å². The van der Waals surface area contributed by atoms with Gasteiger partial charge in [-0.2, -0.15) is 5.32 Å². The van der Waals surface area contributed by atoms with Crippen molar-refractivity contribution in [2.75, 3.05) is 0 Å². The molecule has 11 heavy (non-hydrogen) atoms. The number of carbonyl (C=O) groups is 2. The van der Waals surface area contributed by atoms with Gasteiger partial charge in [-0.1, -0.05) is 6.92 Å². The number of hydrogen-bond acceptors (Lipinski definition) is 2. The molecule has 0 unspecified atom stereocenters. The van der Waals surface area contributed by atoms with Gasteiger partial charge in [-0.25, -0.2) is 9.59 Å². The lowest BCUT2D eigenvalue weighted by atomic mass is 9.69. The summed E-state index contributed by atoms with van der Waals surface area (Å²) < 4.78 is 0. The van der Waals surface area contributed by atoms with Gasteiger partial charge >= 0.3 is 11.9 Å². The summed E-state index contributed by atoms with van der Waals surface area (Å²) in [5.41, 5.74) is -0.476. The van der Waals surface area contributed by atoms with Gasteiger partial charge in [-0.3, -0.25) is 5.32 Å². The van der Waals surface area contributed by atoms with Crippen molar-refractivity contribution in [3.05, 3.63) is 0 Å². The number of quaternary nitrogens is 1. The van der Waals surface area contributed by atoms with E-state index in [9.17, 15) is 9.59 Å². The molecule has 2 fully saturated rings. The fraction of sp³-hybridized carbons (Fsp3) is 0.714. The number of amides is 3. The van der Waals surface area contributed by atoms with E-state index in [1.165, 1.54) is 5.32 Å². The second kappa shape index (κ2) is 1.82. The Kier molecular flexibility index (Phi) is 1.12. The highest BCUT2D eigenvalue weighted by molar-refractivity contribution is 5.94. The van der Waals surface area contributed by atoms with Crippen molar-refractivity contribution in [3.8, 4) is 0 Å². The summed E-state index contributed by atoms with van der Waals surface area (Å²) in [5, 5.41) is 3.88. The number of imide groups is 1. The molecule has 2 aliphatic rings. The van der Waals surface area contributed by atoms with E-state index in [1.807, 2.05) is 0 Å². The molecule has 0 bridgehead atoms. The van der Waals surface area contributed by atoms with Crippen molar-refractivity contribution in [1.29, 1.82) is 0 Å². The van der Waals surface area contributed by atoms with Crippen molar-refractivity contribution >= 4 is 11.9 Å². The highest BCUT2D eigenvalue weighted by Crippen LogP contribution is 2.37. The second-order valence-electron chi connectivity index (χ2n) is 3.59. The van der Waals surface area contributed by atoms with Gasteiger partial charge in [0, 0.05) is 0 Å². The van der Waals surface area contributed by atoms with E-state index in [-0.39, 0.29) is 11.9 Å². The molecule has 0 aromatic rings. The molecule has 4 nitrogen and oxygen atoms in total. The number of carbonyl (C=O) groups excluding carboxylic acids is 2. The number of rotatable bonds is 0. The van der Waals surface area contributed by atoms with Gasteiger partial charge in [-0.05, 0) is 18.8 Å². The van der Waals surface area contributed by atoms with Crippen molar-refractivity contribution in [3.63, 3.8) is 0 Å². The number of primary amides is 2. The molecule has 1 aliphatic carbocycles. The minimum absolute atomic E-state index is 0.0272. The number of nitrogens with two attached hydrogens (primary N) is 1. The summed E-state index contributed by atoms with van der Waals surface area (Å²) >= 11 is 0. The Balaban J connectivity index is 2.16. The minimum atomic E-state index is -0.476. The average Bonchev–Trinajstić information content (AvgIpc) is 2.06. The standard InChI is InChI=1S/C7H10N2O2/c1-4-2-7(3-4)5(10)8-6(11)9-7/h4H,2-3H2,1H3,(H2,8,9,10,11)/p+1. The number of hydrogen-bond donors (Lipinski definition) is 2. The third-order valence-electron chi connectivity index (χ3n) is 2.49. The normalized spacial score (nSPS) is 42.5. The molecule has 2 rings (SSSR count). The Hall–Kier alpha value is -0.900. The van der Waals surface area contributed by atoms with E-state index in [0.717, 1.165) is 12.8 Å². The predicted octanol–water partition coefficient (Wildman–Crippen LogP) is -1.03. The highest BCUT2D eigenvalue weighted by Gasteiger charge is 2.57. The van der Waals surface area contributed by atoms with Crippen LogP contribution in [0.4, 0.5) is 4.79 Å². The first-order chi connectivity index (χ1) is 5.12. The quantitative estimate of drug-likeness (QED) is 0.439. The summed E-state index contributed by atoms with van der Waals surface area (Å²) in [6, 6.07) is -0.220. The summed E-state index contributed by atoms with van der Waals surface area (Å²) in [5.74, 6) is 0.548. The van der Waals surface area contributed by atoms with Crippen LogP contribution in [0.1, 0.15) is 19.8 Å². The zero-order valence-electron chi connectivity index (χ0n) is 6.39. The molecule has 4 heteroatoms. The first kappa shape index (κ1) is 6.79. The second-order valence-corrected chi connectivity index (χ2v) is 3.59. The van der Waals surface area contributed by atoms with Crippen LogP contribution in [0.3, 0.4) is 0 Å². The fourth-order valence-electron chi connectivity index (χ4n) is 2.02. The van der Waals surface area contributed by atoms with Gasteiger partial charge in [0.1, 0.15) is 0 Å². The van der Waals surface area contributed by atoms with E-state index in [0.29, 0.717) is 5.92 Å². The Morgan fingerprint density at radius 3 is 2.55 bits per heavy atom. The molecule has 1 aliphatic heterocycles. The van der Waals surface area contributed by atoms with Gasteiger partial charge in [0.2, 0.25) is 0 Å². The number of nitrogens with one attached hydrogen (secondary N) is 1. The lowest BCUT2D eigenvalue weighted by molar-refractivity contribution is -0.462. The lowest BCUT2D eigenvalue weighted by Crippen LogP contribution is -2.90. The van der Waals surface area contributed by atoms with Gasteiger partial charge in [-0.15, -0.1) is 0 Å². The van der Waals surface area contributed by atoms with Crippen LogP contribution >= 0.6 is 0 Å². The molecule has 1 spiro atoms. The molecule has 1 heterocycles. The minimum Gasteiger partial charge on any atom is -0.286 e. The van der Waals surface area contributed by atoms with Gasteiger partial charge < -0.3 is 0 Å². The molecular formula is C7H11N2O2+. The third-order valence-corrected chi connectivity index (χ3v) is 2.49. The first-order valence-electron chi connectivity index (χ1n) is 3.84. The van der Waals surface area contributed by atoms with Gasteiger partial charge in [0.25, 0.3) is 0 Å². The van der Waals surface area contributed by atoms with E-state index in [2.05, 4.69) is 12.2 Å². The molecule has 0 atom stereocenters. The van der Waals surface area contributed by atoms with Gasteiger partial charge in [0.05, 0.1) is 0 Å². The summed E-state index contributed by atoms with van der Waals surface area (Å²) in [6.45, 7) is 2.09. The van der Waals surface area contributed by atoms with Crippen LogP contribution in [0.2, 0.25) is 0 Å². The predicted molar refractivity (Wildman–Crippen MR) is 36.6 cm³/mol. The first-order valence-corrected chi connectivity index (χ1v) is 3.84. The average molecular weight is 155 g/mol. The molecular weight excluding hydrogens is 144 g/mol. The number of urea groups is 1. The van der Waals surface area contributed by atoms with Crippen molar-refractivity contribution < 1.29 is 14.9 Å². The van der Waals surface area contributed by atoms with Crippen LogP contribution in [0, 0.1) is 5.92 Å². The summed E-state index contributed by atoms with van der Waals surface area (Å²) in [4.78, 5) is 22.0. The van der Waals surface area contributed by atoms with Gasteiger partial charge in [0.15, 0.2) is 5.54 Å². The van der Waals surface area contributed by atoms with Crippen molar-refractivity contribution in [2.24, 2.45) is 5.92 Å². The molecule has 1 saturated heterocycles. The highest BCUT2D eigenvalue weighted by atomic mass is 16.2. The molecule has 0 aromatic carbocycles. The Labute approximate surface area is 64.3 Å². The summed E-state index contributed by atoms with van der Waals surface area (Å²) in [6.07, 6.45) is 1.63. The van der Waals surface area contributed by atoms with Crippen LogP contribution in [-0.4, -0.2) is 17.5 Å². The smallest absolute Gasteiger partial charge is 0.286 e. The van der Waals surface area contributed by atoms with Crippen molar-refractivity contribution in [2.45, 2.75) is 25.3 Å². The molecule has 3 amide bonds. The third kappa shape index (κ3) is 0.790.